The SMILES string of the molecule is CC(C)(C)c1csc(CNc2cc(F)c(F)c(F)c2)n1. The summed E-state index contributed by atoms with van der Waals surface area (Å²) in [5, 5.41) is 5.60. The average molecular weight is 300 g/mol. The number of hydrogen-bond donors (Lipinski definition) is 1. The third-order valence-corrected chi connectivity index (χ3v) is 3.60. The molecule has 2 aromatic rings. The molecule has 2 rings (SSSR count). The zero-order valence-corrected chi connectivity index (χ0v) is 12.2. The fourth-order valence-corrected chi connectivity index (χ4v) is 2.53. The highest BCUT2D eigenvalue weighted by molar-refractivity contribution is 7.09. The molecule has 0 atom stereocenters. The summed E-state index contributed by atoms with van der Waals surface area (Å²) in [7, 11) is 0. The van der Waals surface area contributed by atoms with Crippen LogP contribution < -0.4 is 5.32 Å². The lowest BCUT2D eigenvalue weighted by atomic mass is 9.93. The van der Waals surface area contributed by atoms with Gasteiger partial charge in [0.1, 0.15) is 5.01 Å². The van der Waals surface area contributed by atoms with Crippen LogP contribution in [0.2, 0.25) is 0 Å². The van der Waals surface area contributed by atoms with Crippen LogP contribution in [0.15, 0.2) is 17.5 Å². The van der Waals surface area contributed by atoms with E-state index in [-0.39, 0.29) is 11.1 Å². The normalized spacial score (nSPS) is 11.7. The molecule has 0 fully saturated rings. The van der Waals surface area contributed by atoms with E-state index in [2.05, 4.69) is 31.1 Å². The van der Waals surface area contributed by atoms with E-state index in [0.29, 0.717) is 6.54 Å². The first-order valence-electron chi connectivity index (χ1n) is 6.10. The van der Waals surface area contributed by atoms with Crippen LogP contribution in [0.5, 0.6) is 0 Å². The van der Waals surface area contributed by atoms with Crippen LogP contribution in [0.4, 0.5) is 18.9 Å². The molecule has 1 heterocycles. The number of thiazole rings is 1. The lowest BCUT2D eigenvalue weighted by Gasteiger charge is -2.14. The van der Waals surface area contributed by atoms with Crippen molar-refractivity contribution >= 4 is 17.0 Å². The molecule has 0 aliphatic rings. The summed E-state index contributed by atoms with van der Waals surface area (Å²) >= 11 is 1.47. The van der Waals surface area contributed by atoms with Crippen LogP contribution in [0, 0.1) is 17.5 Å². The number of rotatable bonds is 3. The third kappa shape index (κ3) is 3.30. The minimum atomic E-state index is -1.46. The molecule has 108 valence electrons. The van der Waals surface area contributed by atoms with Crippen molar-refractivity contribution < 1.29 is 13.2 Å². The maximum Gasteiger partial charge on any atom is 0.194 e. The van der Waals surface area contributed by atoms with E-state index >= 15 is 0 Å². The predicted molar refractivity (Wildman–Crippen MR) is 74.5 cm³/mol. The Labute approximate surface area is 119 Å². The Morgan fingerprint density at radius 2 is 1.75 bits per heavy atom. The Morgan fingerprint density at radius 1 is 1.15 bits per heavy atom. The van der Waals surface area contributed by atoms with Gasteiger partial charge in [-0.25, -0.2) is 18.2 Å². The van der Waals surface area contributed by atoms with E-state index < -0.39 is 17.5 Å². The van der Waals surface area contributed by atoms with Gasteiger partial charge >= 0.3 is 0 Å². The predicted octanol–water partition coefficient (Wildman–Crippen LogP) is 4.47. The van der Waals surface area contributed by atoms with Gasteiger partial charge in [-0.05, 0) is 0 Å². The summed E-state index contributed by atoms with van der Waals surface area (Å²) in [5.74, 6) is -3.87. The standard InChI is InChI=1S/C14H15F3N2S/c1-14(2,3)11-7-20-12(19-11)6-18-8-4-9(15)13(17)10(16)5-8/h4-5,7,18H,6H2,1-3H3. The van der Waals surface area contributed by atoms with Gasteiger partial charge in [-0.2, -0.15) is 0 Å². The van der Waals surface area contributed by atoms with Gasteiger partial charge in [0.05, 0.1) is 12.2 Å². The highest BCUT2D eigenvalue weighted by Gasteiger charge is 2.17. The van der Waals surface area contributed by atoms with Crippen LogP contribution >= 0.6 is 11.3 Å². The molecule has 6 heteroatoms. The smallest absolute Gasteiger partial charge is 0.194 e. The average Bonchev–Trinajstić information content (AvgIpc) is 2.82. The fraction of sp³-hybridized carbons (Fsp3) is 0.357. The Hall–Kier alpha value is -1.56. The molecular formula is C14H15F3N2S. The van der Waals surface area contributed by atoms with E-state index in [4.69, 9.17) is 0 Å². The number of nitrogens with one attached hydrogen (secondary N) is 1. The quantitative estimate of drug-likeness (QED) is 0.846. The van der Waals surface area contributed by atoms with Crippen molar-refractivity contribution in [3.8, 4) is 0 Å². The Bertz CT molecular complexity index is 594. The molecule has 1 aromatic carbocycles. The Kier molecular flexibility index (Phi) is 4.04. The highest BCUT2D eigenvalue weighted by atomic mass is 32.1. The van der Waals surface area contributed by atoms with Gasteiger partial charge in [-0.15, -0.1) is 11.3 Å². The van der Waals surface area contributed by atoms with Crippen molar-refractivity contribution in [3.63, 3.8) is 0 Å². The van der Waals surface area contributed by atoms with Crippen molar-refractivity contribution in [2.75, 3.05) is 5.32 Å². The molecule has 1 N–H and O–H groups in total. The molecule has 20 heavy (non-hydrogen) atoms. The first-order valence-corrected chi connectivity index (χ1v) is 6.98. The van der Waals surface area contributed by atoms with E-state index in [0.717, 1.165) is 22.8 Å². The van der Waals surface area contributed by atoms with E-state index in [1.165, 1.54) is 11.3 Å². The Morgan fingerprint density at radius 3 is 2.25 bits per heavy atom. The topological polar surface area (TPSA) is 24.9 Å². The van der Waals surface area contributed by atoms with Crippen LogP contribution in [-0.4, -0.2) is 4.98 Å². The summed E-state index contributed by atoms with van der Waals surface area (Å²) < 4.78 is 38.9. The van der Waals surface area contributed by atoms with Gasteiger partial charge in [-0.1, -0.05) is 20.8 Å². The van der Waals surface area contributed by atoms with Gasteiger partial charge in [0.2, 0.25) is 0 Å². The third-order valence-electron chi connectivity index (χ3n) is 2.75. The van der Waals surface area contributed by atoms with Crippen molar-refractivity contribution in [1.82, 2.24) is 4.98 Å². The molecule has 0 amide bonds. The minimum Gasteiger partial charge on any atom is -0.378 e. The number of hydrogen-bond acceptors (Lipinski definition) is 3. The minimum absolute atomic E-state index is 0.0388. The maximum absolute atomic E-state index is 13.1. The van der Waals surface area contributed by atoms with Gasteiger partial charge in [0, 0.05) is 28.6 Å². The van der Waals surface area contributed by atoms with Gasteiger partial charge < -0.3 is 5.32 Å². The molecule has 0 aliphatic heterocycles. The number of anilines is 1. The summed E-state index contributed by atoms with van der Waals surface area (Å²) in [4.78, 5) is 4.45. The second-order valence-electron chi connectivity index (χ2n) is 5.48. The lowest BCUT2D eigenvalue weighted by Crippen LogP contribution is -2.12. The molecular weight excluding hydrogens is 285 g/mol. The Balaban J connectivity index is 2.08. The van der Waals surface area contributed by atoms with Crippen molar-refractivity contribution in [2.45, 2.75) is 32.7 Å². The van der Waals surface area contributed by atoms with Crippen LogP contribution in [0.25, 0.3) is 0 Å². The largest absolute Gasteiger partial charge is 0.378 e. The second kappa shape index (κ2) is 5.44. The molecule has 0 bridgehead atoms. The molecule has 0 spiro atoms. The monoisotopic (exact) mass is 300 g/mol. The van der Waals surface area contributed by atoms with E-state index in [1.807, 2.05) is 5.38 Å². The zero-order chi connectivity index (χ0) is 14.9. The molecule has 2 nitrogen and oxygen atoms in total. The van der Waals surface area contributed by atoms with E-state index in [1.54, 1.807) is 0 Å². The van der Waals surface area contributed by atoms with Crippen LogP contribution in [0.3, 0.4) is 0 Å². The molecule has 0 unspecified atom stereocenters. The van der Waals surface area contributed by atoms with Gasteiger partial charge in [0.25, 0.3) is 0 Å². The molecule has 1 aromatic heterocycles. The number of halogens is 3. The van der Waals surface area contributed by atoms with Crippen molar-refractivity contribution in [3.05, 3.63) is 45.7 Å². The summed E-state index contributed by atoms with van der Waals surface area (Å²) in [6, 6.07) is 1.85. The zero-order valence-electron chi connectivity index (χ0n) is 11.4. The molecule has 0 saturated heterocycles. The summed E-state index contributed by atoms with van der Waals surface area (Å²) in [6.45, 7) is 6.52. The first-order chi connectivity index (χ1) is 9.27. The highest BCUT2D eigenvalue weighted by Crippen LogP contribution is 2.24. The number of aromatic nitrogens is 1. The van der Waals surface area contributed by atoms with E-state index in [9.17, 15) is 13.2 Å². The van der Waals surface area contributed by atoms with Crippen molar-refractivity contribution in [2.24, 2.45) is 0 Å². The van der Waals surface area contributed by atoms with Crippen LogP contribution in [-0.2, 0) is 12.0 Å². The maximum atomic E-state index is 13.1. The first kappa shape index (κ1) is 14.8. The van der Waals surface area contributed by atoms with Crippen LogP contribution in [0.1, 0.15) is 31.5 Å². The fourth-order valence-electron chi connectivity index (χ4n) is 1.57. The molecule has 0 radical (unpaired) electrons. The summed E-state index contributed by atoms with van der Waals surface area (Å²) in [5.41, 5.74) is 1.12. The number of benzene rings is 1. The van der Waals surface area contributed by atoms with Gasteiger partial charge in [-0.3, -0.25) is 0 Å². The summed E-state index contributed by atoms with van der Waals surface area (Å²) in [6.07, 6.45) is 0. The second-order valence-corrected chi connectivity index (χ2v) is 6.43. The molecule has 0 saturated carbocycles. The number of nitrogens with zero attached hydrogens (tertiary/aromatic N) is 1. The molecule has 0 aliphatic carbocycles. The van der Waals surface area contributed by atoms with Crippen molar-refractivity contribution in [1.29, 1.82) is 0 Å². The lowest BCUT2D eigenvalue weighted by molar-refractivity contribution is 0.447. The van der Waals surface area contributed by atoms with Gasteiger partial charge in [0.15, 0.2) is 17.5 Å².